The number of allylic oxidation sites excluding steroid dienone is 3. The van der Waals surface area contributed by atoms with E-state index in [4.69, 9.17) is 33.2 Å². The molecule has 0 aromatic heterocycles. The van der Waals surface area contributed by atoms with Crippen LogP contribution in [0.5, 0.6) is 0 Å². The molecule has 2 atom stereocenters. The number of halogens is 2. The quantitative estimate of drug-likeness (QED) is 0.360. The Labute approximate surface area is 198 Å². The van der Waals surface area contributed by atoms with Gasteiger partial charge < -0.3 is 0 Å². The first-order chi connectivity index (χ1) is 15.6. The Morgan fingerprint density at radius 1 is 1.12 bits per heavy atom. The van der Waals surface area contributed by atoms with Crippen LogP contribution in [0, 0.1) is 5.92 Å². The van der Waals surface area contributed by atoms with Crippen LogP contribution in [-0.2, 0) is 0 Å². The maximum atomic E-state index is 6.86. The molecule has 2 unspecified atom stereocenters. The summed E-state index contributed by atoms with van der Waals surface area (Å²) in [6.07, 6.45) is 9.38. The van der Waals surface area contributed by atoms with Crippen molar-refractivity contribution in [3.8, 4) is 0 Å². The Balaban J connectivity index is 1.75. The van der Waals surface area contributed by atoms with Gasteiger partial charge in [-0.3, -0.25) is 9.98 Å². The Hall–Kier alpha value is -2.68. The normalized spacial score (nSPS) is 21.2. The molecule has 2 aliphatic heterocycles. The molecular weight excluding hydrogens is 435 g/mol. The summed E-state index contributed by atoms with van der Waals surface area (Å²) < 4.78 is 0. The van der Waals surface area contributed by atoms with E-state index in [0.29, 0.717) is 6.42 Å². The monoisotopic (exact) mass is 458 g/mol. The summed E-state index contributed by atoms with van der Waals surface area (Å²) in [5.41, 5.74) is 6.88. The largest absolute Gasteiger partial charge is 0.252 e. The Bertz CT molecular complexity index is 1330. The van der Waals surface area contributed by atoms with Crippen molar-refractivity contribution in [1.29, 1.82) is 0 Å². The highest BCUT2D eigenvalue weighted by Crippen LogP contribution is 2.39. The fourth-order valence-corrected chi connectivity index (χ4v) is 5.22. The minimum absolute atomic E-state index is 0.0430. The van der Waals surface area contributed by atoms with Crippen molar-refractivity contribution in [1.82, 2.24) is 0 Å². The molecule has 0 amide bonds. The van der Waals surface area contributed by atoms with Gasteiger partial charge in [0.25, 0.3) is 0 Å². The van der Waals surface area contributed by atoms with E-state index in [9.17, 15) is 0 Å². The number of aliphatic imine (C=N–C) groups is 2. The molecule has 0 bridgehead atoms. The van der Waals surface area contributed by atoms with E-state index in [1.165, 1.54) is 0 Å². The lowest BCUT2D eigenvalue weighted by Crippen LogP contribution is -2.36. The second kappa shape index (κ2) is 8.69. The van der Waals surface area contributed by atoms with Crippen LogP contribution in [0.25, 0.3) is 11.8 Å². The molecule has 0 fully saturated rings. The van der Waals surface area contributed by atoms with Crippen molar-refractivity contribution in [3.63, 3.8) is 0 Å². The summed E-state index contributed by atoms with van der Waals surface area (Å²) in [6, 6.07) is 14.4. The van der Waals surface area contributed by atoms with E-state index < -0.39 is 0 Å². The fourth-order valence-electron chi connectivity index (χ4n) is 4.60. The lowest BCUT2D eigenvalue weighted by atomic mass is 9.87. The van der Waals surface area contributed by atoms with Gasteiger partial charge in [-0.05, 0) is 41.7 Å². The van der Waals surface area contributed by atoms with E-state index in [1.807, 2.05) is 30.4 Å². The van der Waals surface area contributed by atoms with Gasteiger partial charge in [-0.25, -0.2) is 0 Å². The van der Waals surface area contributed by atoms with E-state index in [1.54, 1.807) is 0 Å². The molecule has 0 spiro atoms. The zero-order chi connectivity index (χ0) is 22.2. The summed E-state index contributed by atoms with van der Waals surface area (Å²) in [4.78, 5) is 10.2. The number of fused-ring (bicyclic) bond motifs is 4. The summed E-state index contributed by atoms with van der Waals surface area (Å²) in [5.74, 6) is 0.0430. The van der Waals surface area contributed by atoms with Crippen LogP contribution >= 0.6 is 23.2 Å². The first kappa shape index (κ1) is 21.2. The highest BCUT2D eigenvalue weighted by Gasteiger charge is 2.29. The summed E-state index contributed by atoms with van der Waals surface area (Å²) >= 11 is 13.7. The van der Waals surface area contributed by atoms with Crippen LogP contribution in [0.15, 0.2) is 88.4 Å². The molecule has 0 saturated carbocycles. The third-order valence-electron chi connectivity index (χ3n) is 6.33. The van der Waals surface area contributed by atoms with Gasteiger partial charge in [-0.15, -0.1) is 18.2 Å². The minimum atomic E-state index is -0.142. The van der Waals surface area contributed by atoms with Gasteiger partial charge in [-0.1, -0.05) is 72.8 Å². The summed E-state index contributed by atoms with van der Waals surface area (Å²) in [6.45, 7) is 8.09. The number of dihydropyridines is 1. The molecular formula is C28H24Cl2N2. The number of hydrogen-bond acceptors (Lipinski definition) is 2. The number of nitrogens with zero attached hydrogens (tertiary/aromatic N) is 2. The topological polar surface area (TPSA) is 24.7 Å². The maximum absolute atomic E-state index is 6.86. The van der Waals surface area contributed by atoms with Crippen LogP contribution in [0.1, 0.15) is 42.2 Å². The Morgan fingerprint density at radius 3 is 2.72 bits per heavy atom. The predicted molar refractivity (Wildman–Crippen MR) is 137 cm³/mol. The van der Waals surface area contributed by atoms with Crippen molar-refractivity contribution in [2.45, 2.75) is 31.1 Å². The van der Waals surface area contributed by atoms with E-state index >= 15 is 0 Å². The van der Waals surface area contributed by atoms with Crippen LogP contribution in [-0.4, -0.2) is 11.4 Å². The number of hydrogen-bond donors (Lipinski definition) is 0. The lowest BCUT2D eigenvalue weighted by molar-refractivity contribution is 0.822. The van der Waals surface area contributed by atoms with Crippen molar-refractivity contribution >= 4 is 52.1 Å². The van der Waals surface area contributed by atoms with Crippen LogP contribution in [0.3, 0.4) is 0 Å². The van der Waals surface area contributed by atoms with Gasteiger partial charge in [0.1, 0.15) is 0 Å². The zero-order valence-electron chi connectivity index (χ0n) is 17.8. The molecule has 2 aromatic carbocycles. The molecule has 0 saturated heterocycles. The third-order valence-corrected chi connectivity index (χ3v) is 7.10. The third kappa shape index (κ3) is 3.72. The SMILES string of the molecule is C=CCCC(=C)C1=Nc2c(ccc3c2=C2N=C(c4ccccc4)C=C(Cl)C2CC=3)C(Cl)C1. The summed E-state index contributed by atoms with van der Waals surface area (Å²) in [5, 5.41) is 2.86. The van der Waals surface area contributed by atoms with Crippen LogP contribution in [0.4, 0.5) is 5.69 Å². The highest BCUT2D eigenvalue weighted by molar-refractivity contribution is 6.34. The van der Waals surface area contributed by atoms with E-state index in [0.717, 1.165) is 74.2 Å². The molecule has 5 rings (SSSR count). The fraction of sp³-hybridized carbons (Fsp3) is 0.214. The average Bonchev–Trinajstić information content (AvgIpc) is 2.82. The van der Waals surface area contributed by atoms with Gasteiger partial charge in [0, 0.05) is 33.9 Å². The molecule has 0 N–H and O–H groups in total. The van der Waals surface area contributed by atoms with Crippen molar-refractivity contribution < 1.29 is 0 Å². The van der Waals surface area contributed by atoms with Crippen molar-refractivity contribution in [3.05, 3.63) is 99.9 Å². The van der Waals surface area contributed by atoms with Crippen molar-refractivity contribution in [2.75, 3.05) is 0 Å². The second-order valence-corrected chi connectivity index (χ2v) is 9.36. The van der Waals surface area contributed by atoms with Gasteiger partial charge in [0.05, 0.1) is 22.5 Å². The first-order valence-electron chi connectivity index (χ1n) is 11.0. The highest BCUT2D eigenvalue weighted by atomic mass is 35.5. The zero-order valence-corrected chi connectivity index (χ0v) is 19.3. The minimum Gasteiger partial charge on any atom is -0.252 e. The molecule has 2 nitrogen and oxygen atoms in total. The number of benzene rings is 2. The first-order valence-corrected chi connectivity index (χ1v) is 11.8. The van der Waals surface area contributed by atoms with E-state index in [-0.39, 0.29) is 11.3 Å². The molecule has 32 heavy (non-hydrogen) atoms. The van der Waals surface area contributed by atoms with E-state index in [2.05, 4.69) is 43.5 Å². The van der Waals surface area contributed by atoms with Gasteiger partial charge in [-0.2, -0.15) is 0 Å². The standard InChI is InChI=1S/C28H24Cl2N2/c1-3-4-8-17(2)24-15-22(29)20-13-11-19-12-14-21-23(30)16-25(18-9-6-5-7-10-18)32-28(21)26(19)27(20)31-24/h3,5-7,9-13,16,21-22H,1-2,4,8,14-15H2. The predicted octanol–water partition coefficient (Wildman–Crippen LogP) is 6.50. The van der Waals surface area contributed by atoms with Crippen molar-refractivity contribution in [2.24, 2.45) is 15.9 Å². The second-order valence-electron chi connectivity index (χ2n) is 8.40. The number of alkyl halides is 1. The molecule has 4 heteroatoms. The Kier molecular flexibility index (Phi) is 5.75. The maximum Gasteiger partial charge on any atom is 0.0776 e. The van der Waals surface area contributed by atoms with Gasteiger partial charge in [0.2, 0.25) is 0 Å². The average molecular weight is 459 g/mol. The lowest BCUT2D eigenvalue weighted by Gasteiger charge is -2.27. The van der Waals surface area contributed by atoms with Crippen LogP contribution in [0.2, 0.25) is 0 Å². The molecule has 2 aromatic rings. The molecule has 0 radical (unpaired) electrons. The van der Waals surface area contributed by atoms with Crippen LogP contribution < -0.4 is 10.4 Å². The summed E-state index contributed by atoms with van der Waals surface area (Å²) in [7, 11) is 0. The van der Waals surface area contributed by atoms with Gasteiger partial charge in [0.15, 0.2) is 0 Å². The van der Waals surface area contributed by atoms with Gasteiger partial charge >= 0.3 is 0 Å². The molecule has 2 heterocycles. The number of rotatable bonds is 5. The molecule has 1 aliphatic carbocycles. The molecule has 3 aliphatic rings. The molecule has 160 valence electrons. The Morgan fingerprint density at radius 2 is 1.94 bits per heavy atom. The smallest absolute Gasteiger partial charge is 0.0776 e.